The van der Waals surface area contributed by atoms with Crippen molar-refractivity contribution in [3.05, 3.63) is 54.4 Å². The highest BCUT2D eigenvalue weighted by atomic mass is 16.2. The lowest BCUT2D eigenvalue weighted by molar-refractivity contribution is -0.132. The van der Waals surface area contributed by atoms with E-state index in [0.717, 1.165) is 24.2 Å². The van der Waals surface area contributed by atoms with Crippen LogP contribution in [0, 0.1) is 0 Å². The smallest absolute Gasteiger partial charge is 0.325 e. The van der Waals surface area contributed by atoms with Crippen LogP contribution >= 0.6 is 0 Å². The molecular weight excluding hydrogens is 410 g/mol. The normalized spacial score (nSPS) is 17.2. The number of hydrogen-bond donors (Lipinski definition) is 3. The van der Waals surface area contributed by atoms with E-state index in [1.54, 1.807) is 48.8 Å². The Morgan fingerprint density at radius 2 is 1.75 bits per heavy atom. The van der Waals surface area contributed by atoms with Crippen LogP contribution in [-0.2, 0) is 9.59 Å². The third kappa shape index (κ3) is 4.61. The average molecular weight is 435 g/mol. The number of nitrogens with zero attached hydrogens (tertiary/aromatic N) is 2. The topological polar surface area (TPSA) is 121 Å². The maximum absolute atomic E-state index is 12.8. The number of pyridine rings is 1. The fourth-order valence-corrected chi connectivity index (χ4v) is 4.16. The summed E-state index contributed by atoms with van der Waals surface area (Å²) in [6.07, 6.45) is 7.37. The highest BCUT2D eigenvalue weighted by Gasteiger charge is 2.51. The summed E-state index contributed by atoms with van der Waals surface area (Å²) in [5.74, 6) is -0.826. The molecule has 2 fully saturated rings. The summed E-state index contributed by atoms with van der Waals surface area (Å²) in [5.41, 5.74) is 0.765. The molecule has 0 radical (unpaired) electrons. The average Bonchev–Trinajstić information content (AvgIpc) is 3.02. The molecule has 2 heterocycles. The van der Waals surface area contributed by atoms with E-state index in [0.29, 0.717) is 29.8 Å². The molecule has 0 bridgehead atoms. The first-order chi connectivity index (χ1) is 15.5. The molecule has 166 valence electrons. The van der Waals surface area contributed by atoms with Crippen LogP contribution in [0.5, 0.6) is 0 Å². The number of aromatic nitrogens is 1. The van der Waals surface area contributed by atoms with E-state index in [1.807, 2.05) is 0 Å². The van der Waals surface area contributed by atoms with Crippen molar-refractivity contribution in [2.75, 3.05) is 17.2 Å². The molecule has 9 heteroatoms. The van der Waals surface area contributed by atoms with Crippen molar-refractivity contribution < 1.29 is 19.2 Å². The maximum Gasteiger partial charge on any atom is 0.325 e. The van der Waals surface area contributed by atoms with Gasteiger partial charge in [0.2, 0.25) is 5.91 Å². The summed E-state index contributed by atoms with van der Waals surface area (Å²) in [5, 5.41) is 8.31. The van der Waals surface area contributed by atoms with Crippen LogP contribution in [-0.4, -0.2) is 45.7 Å². The Bertz CT molecular complexity index is 1020. The number of imide groups is 1. The van der Waals surface area contributed by atoms with Crippen LogP contribution in [0.4, 0.5) is 16.2 Å². The van der Waals surface area contributed by atoms with E-state index in [1.165, 1.54) is 0 Å². The van der Waals surface area contributed by atoms with Gasteiger partial charge in [-0.1, -0.05) is 19.3 Å². The summed E-state index contributed by atoms with van der Waals surface area (Å²) in [6.45, 7) is 0.0316. The Morgan fingerprint density at radius 1 is 1.00 bits per heavy atom. The first-order valence-corrected chi connectivity index (χ1v) is 10.7. The van der Waals surface area contributed by atoms with E-state index in [4.69, 9.17) is 0 Å². The van der Waals surface area contributed by atoms with Gasteiger partial charge in [0.15, 0.2) is 0 Å². The summed E-state index contributed by atoms with van der Waals surface area (Å²) in [6, 6.07) is 9.50. The molecule has 1 aliphatic carbocycles. The number of carbonyl (C=O) groups excluding carboxylic acids is 4. The molecule has 2 aromatic rings. The molecule has 0 unspecified atom stereocenters. The third-order valence-corrected chi connectivity index (χ3v) is 5.87. The molecule has 1 spiro atoms. The lowest BCUT2D eigenvalue weighted by atomic mass is 9.82. The minimum absolute atomic E-state index is 0.00150. The molecule has 1 saturated carbocycles. The minimum Gasteiger partial charge on any atom is -0.326 e. The molecule has 1 saturated heterocycles. The van der Waals surface area contributed by atoms with Crippen molar-refractivity contribution in [1.29, 1.82) is 0 Å². The number of hydrogen-bond acceptors (Lipinski definition) is 5. The molecule has 2 aliphatic rings. The van der Waals surface area contributed by atoms with Crippen LogP contribution in [0.1, 0.15) is 48.9 Å². The van der Waals surface area contributed by atoms with Crippen molar-refractivity contribution in [2.45, 2.75) is 44.1 Å². The van der Waals surface area contributed by atoms with Crippen LogP contribution in [0.3, 0.4) is 0 Å². The third-order valence-electron chi connectivity index (χ3n) is 5.87. The van der Waals surface area contributed by atoms with Crippen LogP contribution in [0.2, 0.25) is 0 Å². The molecule has 0 atom stereocenters. The van der Waals surface area contributed by atoms with Crippen molar-refractivity contribution in [2.24, 2.45) is 0 Å². The van der Waals surface area contributed by atoms with Gasteiger partial charge in [-0.3, -0.25) is 24.3 Å². The van der Waals surface area contributed by atoms with Gasteiger partial charge in [-0.15, -0.1) is 0 Å². The standard InChI is InChI=1S/C23H25N5O4/c29-19(10-14-28-21(31)23(27-22(28)32)11-2-1-3-12-23)25-17-8-6-16(7-9-17)20(30)26-18-5-4-13-24-15-18/h4-9,13,15H,1-3,10-12,14H2,(H,25,29)(H,26,30)(H,27,32). The molecule has 3 N–H and O–H groups in total. The Balaban J connectivity index is 1.28. The second-order valence-electron chi connectivity index (χ2n) is 8.10. The Labute approximate surface area is 185 Å². The minimum atomic E-state index is -0.780. The summed E-state index contributed by atoms with van der Waals surface area (Å²) in [4.78, 5) is 54.8. The van der Waals surface area contributed by atoms with Gasteiger partial charge < -0.3 is 16.0 Å². The first-order valence-electron chi connectivity index (χ1n) is 10.7. The van der Waals surface area contributed by atoms with Gasteiger partial charge in [-0.05, 0) is 49.2 Å². The second-order valence-corrected chi connectivity index (χ2v) is 8.10. The van der Waals surface area contributed by atoms with Gasteiger partial charge in [0.25, 0.3) is 11.8 Å². The number of urea groups is 1. The number of amides is 5. The molecule has 1 aromatic heterocycles. The number of rotatable bonds is 6. The van der Waals surface area contributed by atoms with Crippen molar-refractivity contribution in [1.82, 2.24) is 15.2 Å². The van der Waals surface area contributed by atoms with Gasteiger partial charge in [0.05, 0.1) is 11.9 Å². The van der Waals surface area contributed by atoms with Gasteiger partial charge in [0, 0.05) is 30.4 Å². The Kier molecular flexibility index (Phi) is 6.16. The maximum atomic E-state index is 12.8. The fraction of sp³-hybridized carbons (Fsp3) is 0.348. The lowest BCUT2D eigenvalue weighted by Crippen LogP contribution is -2.48. The summed E-state index contributed by atoms with van der Waals surface area (Å²) < 4.78 is 0. The molecule has 5 amide bonds. The number of carbonyl (C=O) groups is 4. The van der Waals surface area contributed by atoms with Crippen LogP contribution < -0.4 is 16.0 Å². The van der Waals surface area contributed by atoms with E-state index >= 15 is 0 Å². The molecular formula is C23H25N5O4. The largest absolute Gasteiger partial charge is 0.326 e. The Morgan fingerprint density at radius 3 is 2.44 bits per heavy atom. The van der Waals surface area contributed by atoms with Crippen molar-refractivity contribution >= 4 is 35.1 Å². The predicted molar refractivity (Wildman–Crippen MR) is 118 cm³/mol. The molecule has 4 rings (SSSR count). The van der Waals surface area contributed by atoms with Gasteiger partial charge in [-0.25, -0.2) is 4.79 Å². The van der Waals surface area contributed by atoms with Crippen molar-refractivity contribution in [3.63, 3.8) is 0 Å². The monoisotopic (exact) mass is 435 g/mol. The molecule has 32 heavy (non-hydrogen) atoms. The molecule has 9 nitrogen and oxygen atoms in total. The van der Waals surface area contributed by atoms with Gasteiger partial charge in [0.1, 0.15) is 5.54 Å². The highest BCUT2D eigenvalue weighted by molar-refractivity contribution is 6.07. The lowest BCUT2D eigenvalue weighted by Gasteiger charge is -2.30. The highest BCUT2D eigenvalue weighted by Crippen LogP contribution is 2.33. The Hall–Kier alpha value is -3.75. The van der Waals surface area contributed by atoms with E-state index in [9.17, 15) is 19.2 Å². The first kappa shape index (κ1) is 21.5. The zero-order chi connectivity index (χ0) is 22.6. The number of nitrogens with one attached hydrogen (secondary N) is 3. The van der Waals surface area contributed by atoms with Crippen LogP contribution in [0.15, 0.2) is 48.8 Å². The zero-order valence-corrected chi connectivity index (χ0v) is 17.6. The predicted octanol–water partition coefficient (Wildman–Crippen LogP) is 2.92. The van der Waals surface area contributed by atoms with E-state index < -0.39 is 11.6 Å². The number of anilines is 2. The quantitative estimate of drug-likeness (QED) is 0.603. The summed E-state index contributed by atoms with van der Waals surface area (Å²) in [7, 11) is 0. The number of benzene rings is 1. The molecule has 1 aliphatic heterocycles. The van der Waals surface area contributed by atoms with Gasteiger partial charge >= 0.3 is 6.03 Å². The second kappa shape index (κ2) is 9.17. The van der Waals surface area contributed by atoms with Gasteiger partial charge in [-0.2, -0.15) is 0 Å². The van der Waals surface area contributed by atoms with Crippen LogP contribution in [0.25, 0.3) is 0 Å². The zero-order valence-electron chi connectivity index (χ0n) is 17.6. The SMILES string of the molecule is O=C(CCN1C(=O)NC2(CCCCC2)C1=O)Nc1ccc(C(=O)Nc2cccnc2)cc1. The summed E-state index contributed by atoms with van der Waals surface area (Å²) >= 11 is 0. The fourth-order valence-electron chi connectivity index (χ4n) is 4.16. The van der Waals surface area contributed by atoms with E-state index in [2.05, 4.69) is 20.9 Å². The van der Waals surface area contributed by atoms with E-state index in [-0.39, 0.29) is 30.7 Å². The molecule has 1 aromatic carbocycles. The van der Waals surface area contributed by atoms with Crippen molar-refractivity contribution in [3.8, 4) is 0 Å².